The summed E-state index contributed by atoms with van der Waals surface area (Å²) in [5, 5.41) is 3.85. The standard InChI is InChI=1S/C20H31N5O2/c1-13-14(2)21-19(20(4,5)6)23-18(13)26-12-16-7-9-25(10-8-16)11-17-22-15(3)24-27-17/h16H,7-12H2,1-6H3. The van der Waals surface area contributed by atoms with E-state index in [-0.39, 0.29) is 5.41 Å². The smallest absolute Gasteiger partial charge is 0.240 e. The van der Waals surface area contributed by atoms with Gasteiger partial charge in [0.15, 0.2) is 5.82 Å². The summed E-state index contributed by atoms with van der Waals surface area (Å²) in [7, 11) is 0. The highest BCUT2D eigenvalue weighted by Gasteiger charge is 2.24. The van der Waals surface area contributed by atoms with Crippen molar-refractivity contribution in [1.29, 1.82) is 0 Å². The van der Waals surface area contributed by atoms with Gasteiger partial charge < -0.3 is 9.26 Å². The Labute approximate surface area is 161 Å². The minimum atomic E-state index is -0.0883. The zero-order chi connectivity index (χ0) is 19.6. The SMILES string of the molecule is Cc1noc(CN2CCC(COc3nc(C(C)(C)C)nc(C)c3C)CC2)n1. The van der Waals surface area contributed by atoms with Crippen LogP contribution in [-0.4, -0.2) is 44.7 Å². The number of ether oxygens (including phenoxy) is 1. The molecule has 0 radical (unpaired) electrons. The van der Waals surface area contributed by atoms with Gasteiger partial charge in [-0.3, -0.25) is 4.90 Å². The van der Waals surface area contributed by atoms with Gasteiger partial charge in [0.2, 0.25) is 11.8 Å². The average Bonchev–Trinajstić information content (AvgIpc) is 3.01. The monoisotopic (exact) mass is 373 g/mol. The van der Waals surface area contributed by atoms with Crippen molar-refractivity contribution in [2.45, 2.75) is 66.3 Å². The molecule has 3 heterocycles. The van der Waals surface area contributed by atoms with Crippen molar-refractivity contribution < 1.29 is 9.26 Å². The minimum Gasteiger partial charge on any atom is -0.477 e. The van der Waals surface area contributed by atoms with E-state index in [1.807, 2.05) is 20.8 Å². The van der Waals surface area contributed by atoms with Crippen LogP contribution in [0.1, 0.15) is 62.4 Å². The molecular formula is C20H31N5O2. The summed E-state index contributed by atoms with van der Waals surface area (Å²) in [6.45, 7) is 15.8. The van der Waals surface area contributed by atoms with Crippen molar-refractivity contribution >= 4 is 0 Å². The minimum absolute atomic E-state index is 0.0883. The highest BCUT2D eigenvalue weighted by molar-refractivity contribution is 5.30. The molecule has 0 bridgehead atoms. The first-order valence-electron chi connectivity index (χ1n) is 9.72. The van der Waals surface area contributed by atoms with E-state index in [9.17, 15) is 0 Å². The Bertz CT molecular complexity index is 773. The molecule has 1 fully saturated rings. The van der Waals surface area contributed by atoms with Gasteiger partial charge in [0.05, 0.1) is 13.2 Å². The predicted octanol–water partition coefficient (Wildman–Crippen LogP) is 3.37. The number of piperidine rings is 1. The van der Waals surface area contributed by atoms with Gasteiger partial charge in [-0.2, -0.15) is 9.97 Å². The van der Waals surface area contributed by atoms with Crippen LogP contribution in [0.3, 0.4) is 0 Å². The van der Waals surface area contributed by atoms with E-state index in [2.05, 4.69) is 40.8 Å². The van der Waals surface area contributed by atoms with Crippen LogP contribution in [-0.2, 0) is 12.0 Å². The second-order valence-electron chi connectivity index (χ2n) is 8.58. The zero-order valence-electron chi connectivity index (χ0n) is 17.4. The third-order valence-corrected chi connectivity index (χ3v) is 5.11. The third kappa shape index (κ3) is 5.03. The number of aromatic nitrogens is 4. The predicted molar refractivity (Wildman–Crippen MR) is 103 cm³/mol. The third-order valence-electron chi connectivity index (χ3n) is 5.11. The molecule has 0 N–H and O–H groups in total. The molecule has 7 heteroatoms. The van der Waals surface area contributed by atoms with Crippen LogP contribution in [0.15, 0.2) is 4.52 Å². The number of aryl methyl sites for hydroxylation is 2. The molecule has 148 valence electrons. The van der Waals surface area contributed by atoms with Gasteiger partial charge >= 0.3 is 0 Å². The summed E-state index contributed by atoms with van der Waals surface area (Å²) in [5.74, 6) is 3.50. The Morgan fingerprint density at radius 2 is 1.78 bits per heavy atom. The molecule has 0 aliphatic carbocycles. The van der Waals surface area contributed by atoms with Crippen LogP contribution >= 0.6 is 0 Å². The number of likely N-dealkylation sites (tertiary alicyclic amines) is 1. The topological polar surface area (TPSA) is 77.2 Å². The molecule has 7 nitrogen and oxygen atoms in total. The van der Waals surface area contributed by atoms with Crippen molar-refractivity contribution in [3.63, 3.8) is 0 Å². The van der Waals surface area contributed by atoms with E-state index in [0.29, 0.717) is 24.2 Å². The van der Waals surface area contributed by atoms with E-state index >= 15 is 0 Å². The molecule has 1 aliphatic heterocycles. The first-order valence-corrected chi connectivity index (χ1v) is 9.72. The molecule has 2 aromatic heterocycles. The Morgan fingerprint density at radius 1 is 1.07 bits per heavy atom. The summed E-state index contributed by atoms with van der Waals surface area (Å²) in [5.41, 5.74) is 1.94. The molecule has 27 heavy (non-hydrogen) atoms. The lowest BCUT2D eigenvalue weighted by molar-refractivity contribution is 0.124. The number of hydrogen-bond acceptors (Lipinski definition) is 7. The molecule has 0 unspecified atom stereocenters. The van der Waals surface area contributed by atoms with Crippen molar-refractivity contribution in [3.8, 4) is 5.88 Å². The molecule has 0 saturated carbocycles. The maximum atomic E-state index is 6.14. The van der Waals surface area contributed by atoms with E-state index in [1.54, 1.807) is 0 Å². The molecule has 1 aliphatic rings. The van der Waals surface area contributed by atoms with Crippen molar-refractivity contribution in [2.24, 2.45) is 5.92 Å². The first-order chi connectivity index (χ1) is 12.7. The van der Waals surface area contributed by atoms with E-state index in [4.69, 9.17) is 14.2 Å². The largest absolute Gasteiger partial charge is 0.477 e. The normalized spacial score (nSPS) is 16.7. The van der Waals surface area contributed by atoms with Crippen LogP contribution in [0.5, 0.6) is 5.88 Å². The van der Waals surface area contributed by atoms with Crippen LogP contribution in [0.4, 0.5) is 0 Å². The number of hydrogen-bond donors (Lipinski definition) is 0. The van der Waals surface area contributed by atoms with E-state index in [0.717, 1.165) is 55.4 Å². The van der Waals surface area contributed by atoms with Crippen LogP contribution in [0.25, 0.3) is 0 Å². The second-order valence-corrected chi connectivity index (χ2v) is 8.58. The Morgan fingerprint density at radius 3 is 2.37 bits per heavy atom. The maximum Gasteiger partial charge on any atom is 0.240 e. The number of rotatable bonds is 5. The Kier molecular flexibility index (Phi) is 5.79. The lowest BCUT2D eigenvalue weighted by Gasteiger charge is -2.30. The highest BCUT2D eigenvalue weighted by atomic mass is 16.5. The molecular weight excluding hydrogens is 342 g/mol. The summed E-state index contributed by atoms with van der Waals surface area (Å²) in [6, 6.07) is 0. The Balaban J connectivity index is 1.53. The second kappa shape index (κ2) is 7.92. The van der Waals surface area contributed by atoms with Crippen molar-refractivity contribution in [1.82, 2.24) is 25.0 Å². The van der Waals surface area contributed by atoms with Crippen LogP contribution in [0, 0.1) is 26.7 Å². The van der Waals surface area contributed by atoms with Gasteiger partial charge in [-0.1, -0.05) is 25.9 Å². The number of nitrogens with zero attached hydrogens (tertiary/aromatic N) is 5. The summed E-state index contributed by atoms with van der Waals surface area (Å²) < 4.78 is 11.4. The van der Waals surface area contributed by atoms with Crippen LogP contribution < -0.4 is 4.74 Å². The van der Waals surface area contributed by atoms with Crippen molar-refractivity contribution in [2.75, 3.05) is 19.7 Å². The van der Waals surface area contributed by atoms with E-state index in [1.165, 1.54) is 0 Å². The fourth-order valence-electron chi connectivity index (χ4n) is 3.18. The molecule has 0 atom stereocenters. The zero-order valence-corrected chi connectivity index (χ0v) is 17.4. The average molecular weight is 374 g/mol. The van der Waals surface area contributed by atoms with Gasteiger partial charge in [0.25, 0.3) is 0 Å². The Hall–Kier alpha value is -2.02. The molecule has 3 rings (SSSR count). The molecule has 0 spiro atoms. The van der Waals surface area contributed by atoms with Crippen molar-refractivity contribution in [3.05, 3.63) is 28.8 Å². The van der Waals surface area contributed by atoms with Gasteiger partial charge in [-0.15, -0.1) is 0 Å². The van der Waals surface area contributed by atoms with Crippen LogP contribution in [0.2, 0.25) is 0 Å². The van der Waals surface area contributed by atoms with Gasteiger partial charge in [0, 0.05) is 16.7 Å². The lowest BCUT2D eigenvalue weighted by atomic mass is 9.95. The fourth-order valence-corrected chi connectivity index (χ4v) is 3.18. The summed E-state index contributed by atoms with van der Waals surface area (Å²) >= 11 is 0. The lowest BCUT2D eigenvalue weighted by Crippen LogP contribution is -2.35. The molecule has 0 amide bonds. The summed E-state index contributed by atoms with van der Waals surface area (Å²) in [6.07, 6.45) is 2.20. The molecule has 0 aromatic carbocycles. The van der Waals surface area contributed by atoms with Gasteiger partial charge in [-0.25, -0.2) is 4.98 Å². The van der Waals surface area contributed by atoms with Gasteiger partial charge in [-0.05, 0) is 52.6 Å². The maximum absolute atomic E-state index is 6.14. The molecule has 1 saturated heterocycles. The quantitative estimate of drug-likeness (QED) is 0.795. The highest BCUT2D eigenvalue weighted by Crippen LogP contribution is 2.26. The molecule has 2 aromatic rings. The van der Waals surface area contributed by atoms with E-state index < -0.39 is 0 Å². The van der Waals surface area contributed by atoms with Gasteiger partial charge in [0.1, 0.15) is 5.82 Å². The fraction of sp³-hybridized carbons (Fsp3) is 0.700. The summed E-state index contributed by atoms with van der Waals surface area (Å²) in [4.78, 5) is 16.0. The first kappa shape index (κ1) is 19.7.